The Morgan fingerprint density at radius 1 is 1.26 bits per heavy atom. The number of tetrazole rings is 1. The van der Waals surface area contributed by atoms with Gasteiger partial charge >= 0.3 is 12.1 Å². The van der Waals surface area contributed by atoms with Gasteiger partial charge in [0.25, 0.3) is 0 Å². The fourth-order valence-electron chi connectivity index (χ4n) is 3.70. The Morgan fingerprint density at radius 3 is 2.63 bits per heavy atom. The number of carbonyl (C=O) groups is 1. The fourth-order valence-corrected chi connectivity index (χ4v) is 3.70. The minimum atomic E-state index is -5.27. The van der Waals surface area contributed by atoms with Crippen LogP contribution in [0.3, 0.4) is 0 Å². The monoisotopic (exact) mass is 493 g/mol. The lowest BCUT2D eigenvalue weighted by Gasteiger charge is -2.18. The maximum absolute atomic E-state index is 12.9. The molecule has 0 amide bonds. The minimum Gasteiger partial charge on any atom is -0.507 e. The predicted octanol–water partition coefficient (Wildman–Crippen LogP) is 1.48. The summed E-state index contributed by atoms with van der Waals surface area (Å²) < 4.78 is 43.3. The van der Waals surface area contributed by atoms with Gasteiger partial charge in [-0.2, -0.15) is 18.0 Å². The summed E-state index contributed by atoms with van der Waals surface area (Å²) >= 11 is 0. The number of nitrogens with zero attached hydrogens (tertiary/aromatic N) is 8. The summed E-state index contributed by atoms with van der Waals surface area (Å²) in [7, 11) is 1.49. The van der Waals surface area contributed by atoms with Crippen LogP contribution in [-0.2, 0) is 11.8 Å². The third kappa shape index (κ3) is 5.45. The van der Waals surface area contributed by atoms with E-state index in [1.807, 2.05) is 4.90 Å². The van der Waals surface area contributed by atoms with Crippen LogP contribution in [0.2, 0.25) is 0 Å². The molecule has 1 unspecified atom stereocenters. The molecular formula is C20H22F3N9O3. The highest BCUT2D eigenvalue weighted by atomic mass is 19.4. The number of ether oxygens (including phenoxy) is 1. The topological polar surface area (TPSA) is 144 Å². The number of aryl methyl sites for hydroxylation is 1. The number of carbonyl (C=O) groups excluding carboxylic acids is 1. The highest BCUT2D eigenvalue weighted by Gasteiger charge is 2.42. The van der Waals surface area contributed by atoms with Crippen molar-refractivity contribution in [3.8, 4) is 34.1 Å². The summed E-state index contributed by atoms with van der Waals surface area (Å²) in [5.41, 5.74) is -0.309. The molecule has 1 aromatic carbocycles. The van der Waals surface area contributed by atoms with Crippen molar-refractivity contribution < 1.29 is 27.8 Å². The smallest absolute Gasteiger partial charge is 0.491 e. The number of benzene rings is 1. The number of nitrogens with one attached hydrogen (secondary N) is 1. The summed E-state index contributed by atoms with van der Waals surface area (Å²) in [5.74, 6) is -3.29. The largest absolute Gasteiger partial charge is 0.507 e. The number of phenols is 1. The highest BCUT2D eigenvalue weighted by Crippen LogP contribution is 2.40. The quantitative estimate of drug-likeness (QED) is 0.380. The Morgan fingerprint density at radius 2 is 2.03 bits per heavy atom. The molecule has 4 rings (SSSR count). The van der Waals surface area contributed by atoms with Gasteiger partial charge in [-0.1, -0.05) is 13.8 Å². The maximum Gasteiger partial charge on any atom is 0.491 e. The molecule has 35 heavy (non-hydrogen) atoms. The number of phenolic OH excluding ortho intramolecular Hbond substituents is 1. The van der Waals surface area contributed by atoms with Crippen LogP contribution in [0.25, 0.3) is 22.6 Å². The molecule has 0 spiro atoms. The van der Waals surface area contributed by atoms with Crippen LogP contribution in [-0.4, -0.2) is 77.8 Å². The Labute approximate surface area is 197 Å². The van der Waals surface area contributed by atoms with E-state index in [1.165, 1.54) is 19.3 Å². The number of rotatable bonds is 6. The molecule has 3 heterocycles. The SMILES string of the molecule is CC(C)NC1CCN(c2ncc(-c3c(O)cc(-c4nnn(C)n4)cc3OC(=O)C(F)(F)F)nn2)C1. The molecule has 1 saturated heterocycles. The van der Waals surface area contributed by atoms with Gasteiger partial charge in [0.05, 0.1) is 18.8 Å². The Bertz CT molecular complexity index is 1210. The molecule has 1 aliphatic rings. The summed E-state index contributed by atoms with van der Waals surface area (Å²) in [4.78, 5) is 18.9. The third-order valence-electron chi connectivity index (χ3n) is 5.13. The third-order valence-corrected chi connectivity index (χ3v) is 5.13. The first-order valence-corrected chi connectivity index (χ1v) is 10.6. The lowest BCUT2D eigenvalue weighted by atomic mass is 10.1. The Hall–Kier alpha value is -3.88. The Kier molecular flexibility index (Phi) is 6.51. The van der Waals surface area contributed by atoms with Gasteiger partial charge in [-0.3, -0.25) is 0 Å². The van der Waals surface area contributed by atoms with Gasteiger partial charge in [0.1, 0.15) is 17.2 Å². The normalized spacial score (nSPS) is 16.2. The number of halogens is 3. The molecule has 3 aromatic rings. The predicted molar refractivity (Wildman–Crippen MR) is 115 cm³/mol. The number of alkyl halides is 3. The van der Waals surface area contributed by atoms with E-state index in [1.54, 1.807) is 0 Å². The molecule has 2 N–H and O–H groups in total. The Balaban J connectivity index is 1.67. The van der Waals surface area contributed by atoms with Crippen molar-refractivity contribution in [2.24, 2.45) is 7.05 Å². The molecule has 1 atom stereocenters. The van der Waals surface area contributed by atoms with Gasteiger partial charge < -0.3 is 20.1 Å². The van der Waals surface area contributed by atoms with E-state index in [4.69, 9.17) is 0 Å². The first kappa shape index (κ1) is 24.3. The van der Waals surface area contributed by atoms with E-state index in [9.17, 15) is 23.1 Å². The van der Waals surface area contributed by atoms with Crippen LogP contribution in [0, 0.1) is 0 Å². The number of hydrogen-bond donors (Lipinski definition) is 2. The van der Waals surface area contributed by atoms with Gasteiger partial charge in [-0.15, -0.1) is 20.4 Å². The first-order valence-electron chi connectivity index (χ1n) is 10.6. The maximum atomic E-state index is 12.9. The number of esters is 1. The molecule has 15 heteroatoms. The van der Waals surface area contributed by atoms with Gasteiger partial charge in [0.2, 0.25) is 11.8 Å². The standard InChI is InChI=1S/C20H22F3N9O3/c1-10(2)25-12-4-5-32(9-12)19-24-8-13(26-28-19)16-14(33)6-11(17-27-30-31(3)29-17)7-15(16)35-18(34)20(21,22)23/h6-8,10,12,25,33H,4-5,9H2,1-3H3. The lowest BCUT2D eigenvalue weighted by molar-refractivity contribution is -0.189. The van der Waals surface area contributed by atoms with E-state index in [0.717, 1.165) is 17.3 Å². The summed E-state index contributed by atoms with van der Waals surface area (Å²) in [6.45, 7) is 5.47. The number of hydrogen-bond acceptors (Lipinski definition) is 11. The molecule has 0 radical (unpaired) electrons. The molecule has 0 aliphatic carbocycles. The summed E-state index contributed by atoms with van der Waals surface area (Å²) in [6.07, 6.45) is -3.14. The van der Waals surface area contributed by atoms with Crippen LogP contribution in [0.4, 0.5) is 19.1 Å². The lowest BCUT2D eigenvalue weighted by Crippen LogP contribution is -2.37. The molecule has 12 nitrogen and oxygen atoms in total. The number of aromatic nitrogens is 7. The van der Waals surface area contributed by atoms with Crippen molar-refractivity contribution in [2.75, 3.05) is 18.0 Å². The van der Waals surface area contributed by atoms with Crippen LogP contribution < -0.4 is 15.0 Å². The van der Waals surface area contributed by atoms with Gasteiger partial charge in [0.15, 0.2) is 0 Å². The van der Waals surface area contributed by atoms with E-state index in [2.05, 4.69) is 54.5 Å². The zero-order valence-electron chi connectivity index (χ0n) is 19.0. The van der Waals surface area contributed by atoms with Crippen molar-refractivity contribution >= 4 is 11.9 Å². The second kappa shape index (κ2) is 9.40. The summed E-state index contributed by atoms with van der Waals surface area (Å²) in [6, 6.07) is 2.85. The molecule has 1 fully saturated rings. The molecule has 0 saturated carbocycles. The van der Waals surface area contributed by atoms with Gasteiger partial charge in [-0.25, -0.2) is 9.78 Å². The number of aromatic hydroxyl groups is 1. The highest BCUT2D eigenvalue weighted by molar-refractivity contribution is 5.84. The van der Waals surface area contributed by atoms with E-state index < -0.39 is 23.6 Å². The number of anilines is 1. The average molecular weight is 493 g/mol. The van der Waals surface area contributed by atoms with Crippen molar-refractivity contribution in [3.63, 3.8) is 0 Å². The average Bonchev–Trinajstić information content (AvgIpc) is 3.42. The van der Waals surface area contributed by atoms with Crippen LogP contribution >= 0.6 is 0 Å². The second-order valence-corrected chi connectivity index (χ2v) is 8.25. The van der Waals surface area contributed by atoms with E-state index in [-0.39, 0.29) is 28.7 Å². The zero-order valence-corrected chi connectivity index (χ0v) is 19.0. The zero-order chi connectivity index (χ0) is 25.3. The van der Waals surface area contributed by atoms with E-state index in [0.29, 0.717) is 25.1 Å². The first-order chi connectivity index (χ1) is 16.5. The van der Waals surface area contributed by atoms with Crippen molar-refractivity contribution in [1.82, 2.24) is 40.7 Å². The molecule has 2 aromatic heterocycles. The molecular weight excluding hydrogens is 471 g/mol. The van der Waals surface area contributed by atoms with E-state index >= 15 is 0 Å². The van der Waals surface area contributed by atoms with Gasteiger partial charge in [0, 0.05) is 30.7 Å². The van der Waals surface area contributed by atoms with Crippen molar-refractivity contribution in [2.45, 2.75) is 38.5 Å². The second-order valence-electron chi connectivity index (χ2n) is 8.25. The van der Waals surface area contributed by atoms with Crippen molar-refractivity contribution in [3.05, 3.63) is 18.3 Å². The molecule has 1 aliphatic heterocycles. The van der Waals surface area contributed by atoms with Crippen LogP contribution in [0.5, 0.6) is 11.5 Å². The van der Waals surface area contributed by atoms with Crippen LogP contribution in [0.1, 0.15) is 20.3 Å². The van der Waals surface area contributed by atoms with Crippen LogP contribution in [0.15, 0.2) is 18.3 Å². The fraction of sp³-hybridized carbons (Fsp3) is 0.450. The minimum absolute atomic E-state index is 0.00295. The van der Waals surface area contributed by atoms with Crippen molar-refractivity contribution in [1.29, 1.82) is 0 Å². The summed E-state index contributed by atoms with van der Waals surface area (Å²) in [5, 5.41) is 33.5. The molecule has 186 valence electrons. The molecule has 0 bridgehead atoms. The van der Waals surface area contributed by atoms with Gasteiger partial charge in [-0.05, 0) is 23.8 Å².